The zero-order valence-corrected chi connectivity index (χ0v) is 12.4. The molecule has 1 aliphatic heterocycles. The lowest BCUT2D eigenvalue weighted by molar-refractivity contribution is -0.127. The molecule has 0 spiro atoms. The van der Waals surface area contributed by atoms with Crippen LogP contribution in [0.1, 0.15) is 53.9 Å². The molecule has 1 heterocycles. The Morgan fingerprint density at radius 2 is 2.06 bits per heavy atom. The van der Waals surface area contributed by atoms with Gasteiger partial charge < -0.3 is 10.4 Å². The SMILES string of the molecule is CC(O)CC1CCCN1C(C)C(=O)NC(C)(C)C. The van der Waals surface area contributed by atoms with Gasteiger partial charge in [0.15, 0.2) is 0 Å². The first-order valence-corrected chi connectivity index (χ1v) is 6.96. The normalized spacial score (nSPS) is 24.9. The van der Waals surface area contributed by atoms with Crippen LogP contribution in [0.15, 0.2) is 0 Å². The summed E-state index contributed by atoms with van der Waals surface area (Å²) in [6.45, 7) is 10.7. The molecule has 0 radical (unpaired) electrons. The molecule has 0 aromatic heterocycles. The van der Waals surface area contributed by atoms with Crippen LogP contribution >= 0.6 is 0 Å². The highest BCUT2D eigenvalue weighted by Gasteiger charge is 2.33. The fraction of sp³-hybridized carbons (Fsp3) is 0.929. The minimum atomic E-state index is -0.298. The summed E-state index contributed by atoms with van der Waals surface area (Å²) in [5.74, 6) is 0.0833. The van der Waals surface area contributed by atoms with Crippen molar-refractivity contribution in [2.45, 2.75) is 77.6 Å². The van der Waals surface area contributed by atoms with Gasteiger partial charge in [-0.05, 0) is 60.4 Å². The van der Waals surface area contributed by atoms with Crippen LogP contribution in [0.25, 0.3) is 0 Å². The summed E-state index contributed by atoms with van der Waals surface area (Å²) in [4.78, 5) is 14.4. The summed E-state index contributed by atoms with van der Waals surface area (Å²) < 4.78 is 0. The fourth-order valence-electron chi connectivity index (χ4n) is 2.64. The molecule has 1 saturated heterocycles. The lowest BCUT2D eigenvalue weighted by Gasteiger charge is -2.32. The van der Waals surface area contributed by atoms with E-state index in [0.29, 0.717) is 6.04 Å². The summed E-state index contributed by atoms with van der Waals surface area (Å²) in [6, 6.07) is 0.223. The molecule has 3 unspecified atom stereocenters. The summed E-state index contributed by atoms with van der Waals surface area (Å²) in [5, 5.41) is 12.5. The second-order valence-electron chi connectivity index (χ2n) is 6.53. The fourth-order valence-corrected chi connectivity index (χ4v) is 2.64. The van der Waals surface area contributed by atoms with Crippen LogP contribution in [0, 0.1) is 0 Å². The molecular formula is C14H28N2O2. The van der Waals surface area contributed by atoms with E-state index in [4.69, 9.17) is 0 Å². The maximum Gasteiger partial charge on any atom is 0.237 e. The maximum absolute atomic E-state index is 12.2. The average Bonchev–Trinajstić information content (AvgIpc) is 2.60. The van der Waals surface area contributed by atoms with Crippen molar-refractivity contribution in [3.05, 3.63) is 0 Å². The van der Waals surface area contributed by atoms with Gasteiger partial charge in [0.05, 0.1) is 12.1 Å². The Balaban J connectivity index is 2.59. The largest absolute Gasteiger partial charge is 0.393 e. The highest BCUT2D eigenvalue weighted by molar-refractivity contribution is 5.82. The van der Waals surface area contributed by atoms with E-state index < -0.39 is 0 Å². The van der Waals surface area contributed by atoms with E-state index in [9.17, 15) is 9.90 Å². The van der Waals surface area contributed by atoms with Gasteiger partial charge in [-0.15, -0.1) is 0 Å². The number of carbonyl (C=O) groups excluding carboxylic acids is 1. The number of aliphatic hydroxyl groups excluding tert-OH is 1. The number of hydrogen-bond acceptors (Lipinski definition) is 3. The average molecular weight is 256 g/mol. The van der Waals surface area contributed by atoms with Gasteiger partial charge in [0.25, 0.3) is 0 Å². The number of amides is 1. The van der Waals surface area contributed by atoms with E-state index in [1.165, 1.54) is 0 Å². The Labute approximate surface area is 111 Å². The number of aliphatic hydroxyl groups is 1. The summed E-state index contributed by atoms with van der Waals surface area (Å²) in [5.41, 5.74) is -0.190. The number of hydrogen-bond donors (Lipinski definition) is 2. The highest BCUT2D eigenvalue weighted by Crippen LogP contribution is 2.24. The third-order valence-corrected chi connectivity index (χ3v) is 3.41. The molecule has 1 rings (SSSR count). The molecule has 0 bridgehead atoms. The van der Waals surface area contributed by atoms with E-state index in [1.807, 2.05) is 34.6 Å². The van der Waals surface area contributed by atoms with Crippen molar-refractivity contribution in [3.8, 4) is 0 Å². The zero-order chi connectivity index (χ0) is 13.9. The van der Waals surface area contributed by atoms with Crippen molar-refractivity contribution >= 4 is 5.91 Å². The van der Waals surface area contributed by atoms with Crippen LogP contribution in [0.4, 0.5) is 0 Å². The minimum absolute atomic E-state index is 0.0833. The molecule has 0 aromatic carbocycles. The predicted molar refractivity (Wildman–Crippen MR) is 73.4 cm³/mol. The third kappa shape index (κ3) is 4.58. The molecule has 2 N–H and O–H groups in total. The van der Waals surface area contributed by atoms with E-state index in [1.54, 1.807) is 0 Å². The van der Waals surface area contributed by atoms with Crippen LogP contribution in [0.3, 0.4) is 0 Å². The van der Waals surface area contributed by atoms with Gasteiger partial charge in [0.1, 0.15) is 0 Å². The first-order chi connectivity index (χ1) is 8.20. The Morgan fingerprint density at radius 1 is 1.44 bits per heavy atom. The standard InChI is InChI=1S/C14H28N2O2/c1-10(17)9-12-7-6-8-16(12)11(2)13(18)15-14(3,4)5/h10-12,17H,6-9H2,1-5H3,(H,15,18). The Morgan fingerprint density at radius 3 is 2.56 bits per heavy atom. The van der Waals surface area contributed by atoms with Crippen molar-refractivity contribution in [3.63, 3.8) is 0 Å². The second-order valence-corrected chi connectivity index (χ2v) is 6.53. The monoisotopic (exact) mass is 256 g/mol. The van der Waals surface area contributed by atoms with Crippen molar-refractivity contribution in [1.29, 1.82) is 0 Å². The van der Waals surface area contributed by atoms with Crippen LogP contribution in [-0.2, 0) is 4.79 Å². The highest BCUT2D eigenvalue weighted by atomic mass is 16.3. The van der Waals surface area contributed by atoms with Crippen LogP contribution in [0.2, 0.25) is 0 Å². The maximum atomic E-state index is 12.2. The van der Waals surface area contributed by atoms with Gasteiger partial charge in [-0.2, -0.15) is 0 Å². The molecular weight excluding hydrogens is 228 g/mol. The molecule has 0 saturated carbocycles. The number of carbonyl (C=O) groups is 1. The van der Waals surface area contributed by atoms with Gasteiger partial charge in [-0.25, -0.2) is 0 Å². The molecule has 0 aliphatic carbocycles. The molecule has 18 heavy (non-hydrogen) atoms. The minimum Gasteiger partial charge on any atom is -0.393 e. The molecule has 106 valence electrons. The molecule has 1 amide bonds. The van der Waals surface area contributed by atoms with Crippen molar-refractivity contribution < 1.29 is 9.90 Å². The molecule has 1 fully saturated rings. The Bertz CT molecular complexity index is 284. The quantitative estimate of drug-likeness (QED) is 0.802. The lowest BCUT2D eigenvalue weighted by atomic mass is 10.1. The molecule has 1 aliphatic rings. The van der Waals surface area contributed by atoms with E-state index >= 15 is 0 Å². The second kappa shape index (κ2) is 6.02. The van der Waals surface area contributed by atoms with Gasteiger partial charge in [-0.1, -0.05) is 0 Å². The Hall–Kier alpha value is -0.610. The summed E-state index contributed by atoms with van der Waals surface area (Å²) >= 11 is 0. The van der Waals surface area contributed by atoms with Crippen LogP contribution < -0.4 is 5.32 Å². The summed E-state index contributed by atoms with van der Waals surface area (Å²) in [6.07, 6.45) is 2.66. The first-order valence-electron chi connectivity index (χ1n) is 6.96. The van der Waals surface area contributed by atoms with E-state index in [0.717, 1.165) is 25.8 Å². The smallest absolute Gasteiger partial charge is 0.237 e. The van der Waals surface area contributed by atoms with Gasteiger partial charge in [-0.3, -0.25) is 9.69 Å². The van der Waals surface area contributed by atoms with Crippen LogP contribution in [-0.4, -0.2) is 46.2 Å². The van der Waals surface area contributed by atoms with Gasteiger partial charge in [0, 0.05) is 11.6 Å². The Kier molecular flexibility index (Phi) is 5.17. The van der Waals surface area contributed by atoms with Gasteiger partial charge in [0.2, 0.25) is 5.91 Å². The van der Waals surface area contributed by atoms with Crippen molar-refractivity contribution in [2.24, 2.45) is 0 Å². The number of rotatable bonds is 4. The number of nitrogens with zero attached hydrogens (tertiary/aromatic N) is 1. The number of nitrogens with one attached hydrogen (secondary N) is 1. The van der Waals surface area contributed by atoms with Crippen molar-refractivity contribution in [1.82, 2.24) is 10.2 Å². The predicted octanol–water partition coefficient (Wildman–Crippen LogP) is 1.52. The molecule has 4 heteroatoms. The third-order valence-electron chi connectivity index (χ3n) is 3.41. The summed E-state index contributed by atoms with van der Waals surface area (Å²) in [7, 11) is 0. The van der Waals surface area contributed by atoms with Crippen LogP contribution in [0.5, 0.6) is 0 Å². The van der Waals surface area contributed by atoms with E-state index in [-0.39, 0.29) is 23.6 Å². The number of likely N-dealkylation sites (tertiary alicyclic amines) is 1. The molecule has 0 aromatic rings. The lowest BCUT2D eigenvalue weighted by Crippen LogP contribution is -2.52. The topological polar surface area (TPSA) is 52.6 Å². The zero-order valence-electron chi connectivity index (χ0n) is 12.4. The van der Waals surface area contributed by atoms with Gasteiger partial charge >= 0.3 is 0 Å². The van der Waals surface area contributed by atoms with Crippen molar-refractivity contribution in [2.75, 3.05) is 6.54 Å². The van der Waals surface area contributed by atoms with E-state index in [2.05, 4.69) is 10.2 Å². The molecule has 4 nitrogen and oxygen atoms in total. The first kappa shape index (κ1) is 15.4. The molecule has 3 atom stereocenters.